The number of aryl methyl sites for hydroxylation is 2. The molecule has 0 bridgehead atoms. The molecule has 0 unspecified atom stereocenters. The van der Waals surface area contributed by atoms with Gasteiger partial charge in [0, 0.05) is 26.2 Å². The maximum atomic E-state index is 13.0. The van der Waals surface area contributed by atoms with Crippen LogP contribution in [0.25, 0.3) is 0 Å². The Morgan fingerprint density at radius 1 is 1.12 bits per heavy atom. The molecule has 1 amide bonds. The van der Waals surface area contributed by atoms with Crippen molar-refractivity contribution in [1.82, 2.24) is 14.1 Å². The second-order valence-electron chi connectivity index (χ2n) is 7.89. The summed E-state index contributed by atoms with van der Waals surface area (Å²) in [5.41, 5.74) is 1.48. The number of piperazine rings is 1. The van der Waals surface area contributed by atoms with E-state index in [1.807, 2.05) is 13.0 Å². The molecule has 7 nitrogen and oxygen atoms in total. The molecule has 0 radical (unpaired) electrons. The van der Waals surface area contributed by atoms with Crippen molar-refractivity contribution in [2.45, 2.75) is 31.5 Å². The molecular weight excluding hydrogens is 447 g/mol. The second kappa shape index (κ2) is 9.63. The van der Waals surface area contributed by atoms with Crippen LogP contribution in [0, 0.1) is 13.8 Å². The van der Waals surface area contributed by atoms with E-state index < -0.39 is 28.7 Å². The molecular formula is C21H26F3N3O4S. The number of carbonyl (C=O) groups excluding carboxylic acids is 1. The highest BCUT2D eigenvalue weighted by molar-refractivity contribution is 7.89. The zero-order chi connectivity index (χ0) is 23.5. The van der Waals surface area contributed by atoms with Gasteiger partial charge in [-0.2, -0.15) is 17.5 Å². The van der Waals surface area contributed by atoms with Crippen molar-refractivity contribution < 1.29 is 30.8 Å². The molecule has 2 aromatic rings. The molecule has 0 N–H and O–H groups in total. The molecule has 1 fully saturated rings. The summed E-state index contributed by atoms with van der Waals surface area (Å²) in [6, 6.07) is 8.28. The van der Waals surface area contributed by atoms with E-state index in [2.05, 4.69) is 0 Å². The van der Waals surface area contributed by atoms with Crippen LogP contribution in [-0.4, -0.2) is 73.9 Å². The van der Waals surface area contributed by atoms with Crippen LogP contribution in [0.1, 0.15) is 16.9 Å². The molecule has 1 aliphatic rings. The third-order valence-corrected chi connectivity index (χ3v) is 7.34. The monoisotopic (exact) mass is 473 g/mol. The van der Waals surface area contributed by atoms with Gasteiger partial charge in [-0.25, -0.2) is 8.42 Å². The molecule has 1 aliphatic heterocycles. The van der Waals surface area contributed by atoms with Gasteiger partial charge in [-0.15, -0.1) is 0 Å². The average Bonchev–Trinajstić information content (AvgIpc) is 3.22. The van der Waals surface area contributed by atoms with E-state index in [0.29, 0.717) is 10.5 Å². The molecule has 1 saturated heterocycles. The molecule has 0 aliphatic carbocycles. The lowest BCUT2D eigenvalue weighted by molar-refractivity contribution is -0.163. The topological polar surface area (TPSA) is 74.1 Å². The third kappa shape index (κ3) is 6.11. The van der Waals surface area contributed by atoms with Crippen molar-refractivity contribution in [3.63, 3.8) is 0 Å². The van der Waals surface area contributed by atoms with Crippen LogP contribution in [0.2, 0.25) is 0 Å². The summed E-state index contributed by atoms with van der Waals surface area (Å²) in [5, 5.41) is 0. The Kier molecular flexibility index (Phi) is 7.31. The van der Waals surface area contributed by atoms with Gasteiger partial charge in [0.2, 0.25) is 15.9 Å². The van der Waals surface area contributed by atoms with Crippen molar-refractivity contribution in [2.75, 3.05) is 39.3 Å². The summed E-state index contributed by atoms with van der Waals surface area (Å²) in [6.07, 6.45) is -3.21. The van der Waals surface area contributed by atoms with E-state index in [9.17, 15) is 26.4 Å². The highest BCUT2D eigenvalue weighted by Crippen LogP contribution is 2.23. The van der Waals surface area contributed by atoms with Crippen LogP contribution in [0.5, 0.6) is 0 Å². The molecule has 0 spiro atoms. The minimum atomic E-state index is -4.54. The standard InChI is InChI=1S/C21H26F3N3O4S/c1-16-5-6-17(2)19(12-16)32(29,30)27-9-7-25(8-10-27)14-20(28)26(15-21(22,23)24)13-18-4-3-11-31-18/h3-6,11-12H,7-10,13-15H2,1-2H3. The fourth-order valence-corrected chi connectivity index (χ4v) is 5.31. The number of halogens is 3. The summed E-state index contributed by atoms with van der Waals surface area (Å²) < 4.78 is 71.4. The highest BCUT2D eigenvalue weighted by Gasteiger charge is 2.35. The Labute approximate surface area is 185 Å². The SMILES string of the molecule is Cc1ccc(C)c(S(=O)(=O)N2CCN(CC(=O)N(Cc3ccco3)CC(F)(F)F)CC2)c1. The van der Waals surface area contributed by atoms with Gasteiger partial charge in [0.15, 0.2) is 0 Å². The number of sulfonamides is 1. The molecule has 32 heavy (non-hydrogen) atoms. The number of hydrogen-bond donors (Lipinski definition) is 0. The number of nitrogens with zero attached hydrogens (tertiary/aromatic N) is 3. The Bertz CT molecular complexity index is 1030. The zero-order valence-electron chi connectivity index (χ0n) is 17.9. The Hall–Kier alpha value is -2.37. The fourth-order valence-electron chi connectivity index (χ4n) is 3.58. The maximum Gasteiger partial charge on any atom is 0.406 e. The van der Waals surface area contributed by atoms with Crippen molar-refractivity contribution in [3.8, 4) is 0 Å². The van der Waals surface area contributed by atoms with Crippen LogP contribution in [0.15, 0.2) is 45.9 Å². The van der Waals surface area contributed by atoms with Crippen molar-refractivity contribution in [1.29, 1.82) is 0 Å². The zero-order valence-corrected chi connectivity index (χ0v) is 18.7. The van der Waals surface area contributed by atoms with Crippen molar-refractivity contribution >= 4 is 15.9 Å². The minimum absolute atomic E-state index is 0.153. The van der Waals surface area contributed by atoms with Crippen LogP contribution in [0.4, 0.5) is 13.2 Å². The van der Waals surface area contributed by atoms with Gasteiger partial charge in [-0.05, 0) is 43.2 Å². The molecule has 0 atom stereocenters. The van der Waals surface area contributed by atoms with E-state index >= 15 is 0 Å². The van der Waals surface area contributed by atoms with Gasteiger partial charge in [-0.3, -0.25) is 9.69 Å². The predicted molar refractivity (Wildman–Crippen MR) is 111 cm³/mol. The largest absolute Gasteiger partial charge is 0.467 e. The van der Waals surface area contributed by atoms with Gasteiger partial charge in [0.25, 0.3) is 0 Å². The van der Waals surface area contributed by atoms with Gasteiger partial charge < -0.3 is 9.32 Å². The predicted octanol–water partition coefficient (Wildman–Crippen LogP) is 2.79. The van der Waals surface area contributed by atoms with E-state index in [-0.39, 0.29) is 49.9 Å². The number of furan rings is 1. The lowest BCUT2D eigenvalue weighted by Gasteiger charge is -2.35. The number of rotatable bonds is 7. The molecule has 1 aromatic carbocycles. The summed E-state index contributed by atoms with van der Waals surface area (Å²) in [4.78, 5) is 15.2. The number of alkyl halides is 3. The van der Waals surface area contributed by atoms with Gasteiger partial charge >= 0.3 is 6.18 Å². The van der Waals surface area contributed by atoms with Crippen LogP contribution < -0.4 is 0 Å². The summed E-state index contributed by atoms with van der Waals surface area (Å²) in [5.74, 6) is -0.434. The van der Waals surface area contributed by atoms with Crippen LogP contribution in [-0.2, 0) is 21.4 Å². The van der Waals surface area contributed by atoms with Crippen LogP contribution >= 0.6 is 0 Å². The number of carbonyl (C=O) groups is 1. The van der Waals surface area contributed by atoms with Crippen molar-refractivity contribution in [2.24, 2.45) is 0 Å². The number of benzene rings is 1. The number of amides is 1. The quantitative estimate of drug-likeness (QED) is 0.618. The van der Waals surface area contributed by atoms with E-state index in [4.69, 9.17) is 4.42 Å². The third-order valence-electron chi connectivity index (χ3n) is 5.30. The van der Waals surface area contributed by atoms with Gasteiger partial charge in [0.1, 0.15) is 12.3 Å². The first kappa shape index (κ1) is 24.3. The summed E-state index contributed by atoms with van der Waals surface area (Å²) in [6.45, 7) is 2.45. The normalized spacial score (nSPS) is 16.3. The van der Waals surface area contributed by atoms with E-state index in [1.54, 1.807) is 30.0 Å². The molecule has 1 aromatic heterocycles. The molecule has 176 valence electrons. The lowest BCUT2D eigenvalue weighted by atomic mass is 10.2. The van der Waals surface area contributed by atoms with E-state index in [0.717, 1.165) is 5.56 Å². The molecule has 2 heterocycles. The highest BCUT2D eigenvalue weighted by atomic mass is 32.2. The van der Waals surface area contributed by atoms with Gasteiger partial charge in [0.05, 0.1) is 24.2 Å². The maximum absolute atomic E-state index is 13.0. The minimum Gasteiger partial charge on any atom is -0.467 e. The molecule has 11 heteroatoms. The summed E-state index contributed by atoms with van der Waals surface area (Å²) >= 11 is 0. The average molecular weight is 474 g/mol. The first-order valence-corrected chi connectivity index (χ1v) is 11.6. The van der Waals surface area contributed by atoms with Gasteiger partial charge in [-0.1, -0.05) is 12.1 Å². The number of hydrogen-bond acceptors (Lipinski definition) is 5. The molecule has 0 saturated carbocycles. The van der Waals surface area contributed by atoms with Crippen LogP contribution in [0.3, 0.4) is 0 Å². The van der Waals surface area contributed by atoms with E-state index in [1.165, 1.54) is 16.6 Å². The summed E-state index contributed by atoms with van der Waals surface area (Å²) in [7, 11) is -3.69. The smallest absolute Gasteiger partial charge is 0.406 e. The van der Waals surface area contributed by atoms with Crippen molar-refractivity contribution in [3.05, 3.63) is 53.5 Å². The Balaban J connectivity index is 1.62. The Morgan fingerprint density at radius 3 is 2.41 bits per heavy atom. The molecule has 3 rings (SSSR count). The first-order chi connectivity index (χ1) is 15.0. The second-order valence-corrected chi connectivity index (χ2v) is 9.80. The Morgan fingerprint density at radius 2 is 1.81 bits per heavy atom. The first-order valence-electron chi connectivity index (χ1n) is 10.1. The fraction of sp³-hybridized carbons (Fsp3) is 0.476. The lowest BCUT2D eigenvalue weighted by Crippen LogP contribution is -2.52.